The minimum absolute atomic E-state index is 0.00727. The van der Waals surface area contributed by atoms with E-state index in [4.69, 9.17) is 9.84 Å². The summed E-state index contributed by atoms with van der Waals surface area (Å²) in [6.07, 6.45) is 0.691. The molecule has 0 saturated heterocycles. The van der Waals surface area contributed by atoms with Crippen LogP contribution in [0.1, 0.15) is 24.2 Å². The summed E-state index contributed by atoms with van der Waals surface area (Å²) in [6.45, 7) is 2.84. The molecule has 9 nitrogen and oxygen atoms in total. The molecule has 1 aliphatic heterocycles. The van der Waals surface area contributed by atoms with E-state index in [9.17, 15) is 24.4 Å². The van der Waals surface area contributed by atoms with Crippen molar-refractivity contribution in [2.45, 2.75) is 20.0 Å². The molecule has 0 spiro atoms. The highest BCUT2D eigenvalue weighted by Crippen LogP contribution is 2.18. The average molecular weight is 362 g/mol. The van der Waals surface area contributed by atoms with Crippen LogP contribution in [0, 0.1) is 0 Å². The Labute approximate surface area is 150 Å². The zero-order valence-electron chi connectivity index (χ0n) is 14.3. The fourth-order valence-electron chi connectivity index (χ4n) is 2.35. The fraction of sp³-hybridized carbons (Fsp3) is 0.312. The van der Waals surface area contributed by atoms with Crippen LogP contribution in [0.5, 0.6) is 0 Å². The molecule has 0 bridgehead atoms. The first kappa shape index (κ1) is 19.6. The molecular formula is C16H19BN2O7. The number of esters is 1. The zero-order chi connectivity index (χ0) is 19.4. The maximum atomic E-state index is 12.2. The number of ether oxygens (including phenoxy) is 1. The van der Waals surface area contributed by atoms with E-state index in [2.05, 4.69) is 5.32 Å². The molecule has 1 aromatic carbocycles. The predicted molar refractivity (Wildman–Crippen MR) is 92.3 cm³/mol. The molecule has 1 aliphatic rings. The molecule has 4 N–H and O–H groups in total. The average Bonchev–Trinajstić information content (AvgIpc) is 2.82. The van der Waals surface area contributed by atoms with Crippen LogP contribution in [0.25, 0.3) is 0 Å². The van der Waals surface area contributed by atoms with E-state index in [1.165, 1.54) is 18.2 Å². The molecule has 0 aliphatic carbocycles. The minimum Gasteiger partial charge on any atom is -0.459 e. The maximum Gasteiger partial charge on any atom is 0.490 e. The zero-order valence-corrected chi connectivity index (χ0v) is 14.3. The maximum absolute atomic E-state index is 12.2. The van der Waals surface area contributed by atoms with Crippen molar-refractivity contribution >= 4 is 36.1 Å². The Kier molecular flexibility index (Phi) is 6.14. The lowest BCUT2D eigenvalue weighted by Crippen LogP contribution is -2.36. The van der Waals surface area contributed by atoms with Gasteiger partial charge in [-0.15, -0.1) is 0 Å². The quantitative estimate of drug-likeness (QED) is 0.264. The second-order valence-corrected chi connectivity index (χ2v) is 5.83. The van der Waals surface area contributed by atoms with Gasteiger partial charge in [-0.2, -0.15) is 0 Å². The van der Waals surface area contributed by atoms with Crippen LogP contribution >= 0.6 is 0 Å². The van der Waals surface area contributed by atoms with E-state index in [0.717, 1.165) is 11.0 Å². The van der Waals surface area contributed by atoms with Crippen molar-refractivity contribution in [2.75, 3.05) is 18.5 Å². The number of carbonyl (C=O) groups excluding carboxylic acids is 3. The number of aliphatic hydroxyl groups is 1. The first-order chi connectivity index (χ1) is 12.2. The second kappa shape index (κ2) is 8.13. The Morgan fingerprint density at radius 2 is 2.00 bits per heavy atom. The van der Waals surface area contributed by atoms with Gasteiger partial charge in [-0.25, -0.2) is 4.79 Å². The smallest absolute Gasteiger partial charge is 0.459 e. The number of hydrogen-bond acceptors (Lipinski definition) is 8. The van der Waals surface area contributed by atoms with Crippen LogP contribution in [0.2, 0.25) is 0 Å². The summed E-state index contributed by atoms with van der Waals surface area (Å²) < 4.78 is 5.09. The van der Waals surface area contributed by atoms with Gasteiger partial charge in [0.25, 0.3) is 11.8 Å². The van der Waals surface area contributed by atoms with E-state index < -0.39 is 24.9 Å². The van der Waals surface area contributed by atoms with Crippen LogP contribution in [0.15, 0.2) is 30.0 Å². The fourth-order valence-corrected chi connectivity index (χ4v) is 2.35. The van der Waals surface area contributed by atoms with Crippen molar-refractivity contribution in [1.82, 2.24) is 4.90 Å². The second-order valence-electron chi connectivity index (χ2n) is 5.83. The van der Waals surface area contributed by atoms with E-state index in [1.54, 1.807) is 13.8 Å². The lowest BCUT2D eigenvalue weighted by molar-refractivity contribution is -0.137. The number of nitrogens with zero attached hydrogens (tertiary/aromatic N) is 1. The SMILES string of the molecule is CC(C)OC(=O)c1ccc(B(O)O)c(NC2=CC(=O)N(CCO)C2=O)c1. The van der Waals surface area contributed by atoms with Gasteiger partial charge in [-0.3, -0.25) is 14.5 Å². The lowest BCUT2D eigenvalue weighted by atomic mass is 9.78. The summed E-state index contributed by atoms with van der Waals surface area (Å²) in [7, 11) is -1.87. The number of hydrogen-bond donors (Lipinski definition) is 4. The molecule has 138 valence electrons. The molecule has 2 rings (SSSR count). The topological polar surface area (TPSA) is 136 Å². The van der Waals surface area contributed by atoms with Crippen molar-refractivity contribution in [2.24, 2.45) is 0 Å². The number of imide groups is 1. The largest absolute Gasteiger partial charge is 0.490 e. The summed E-state index contributed by atoms with van der Waals surface area (Å²) in [5.74, 6) is -1.89. The van der Waals surface area contributed by atoms with Crippen LogP contribution < -0.4 is 10.8 Å². The molecule has 1 heterocycles. The highest BCUT2D eigenvalue weighted by Gasteiger charge is 2.31. The van der Waals surface area contributed by atoms with Gasteiger partial charge in [0.2, 0.25) is 0 Å². The van der Waals surface area contributed by atoms with E-state index in [1.807, 2.05) is 0 Å². The van der Waals surface area contributed by atoms with E-state index in [0.29, 0.717) is 0 Å². The van der Waals surface area contributed by atoms with E-state index in [-0.39, 0.29) is 41.7 Å². The van der Waals surface area contributed by atoms with Crippen molar-refractivity contribution in [1.29, 1.82) is 0 Å². The van der Waals surface area contributed by atoms with Crippen molar-refractivity contribution in [3.8, 4) is 0 Å². The monoisotopic (exact) mass is 362 g/mol. The van der Waals surface area contributed by atoms with Gasteiger partial charge in [-0.05, 0) is 26.0 Å². The number of aliphatic hydroxyl groups excluding tert-OH is 1. The Morgan fingerprint density at radius 1 is 1.31 bits per heavy atom. The van der Waals surface area contributed by atoms with Crippen LogP contribution in [-0.4, -0.2) is 64.2 Å². The highest BCUT2D eigenvalue weighted by molar-refractivity contribution is 6.60. The molecule has 26 heavy (non-hydrogen) atoms. The number of β-amino-alcohol motifs (C(OH)–C–C–N with tert-alkyl or cyclic N) is 1. The number of carbonyl (C=O) groups is 3. The highest BCUT2D eigenvalue weighted by atomic mass is 16.5. The molecule has 0 fully saturated rings. The number of nitrogens with one attached hydrogen (secondary N) is 1. The van der Waals surface area contributed by atoms with E-state index >= 15 is 0 Å². The van der Waals surface area contributed by atoms with Gasteiger partial charge in [0, 0.05) is 17.2 Å². The number of anilines is 1. The molecule has 0 saturated carbocycles. The Balaban J connectivity index is 2.32. The molecular weight excluding hydrogens is 343 g/mol. The first-order valence-corrected chi connectivity index (χ1v) is 7.91. The summed E-state index contributed by atoms with van der Waals surface area (Å²) >= 11 is 0. The Morgan fingerprint density at radius 3 is 2.58 bits per heavy atom. The van der Waals surface area contributed by atoms with Crippen LogP contribution in [0.3, 0.4) is 0 Å². The normalized spacial score (nSPS) is 13.9. The van der Waals surface area contributed by atoms with Gasteiger partial charge in [0.15, 0.2) is 0 Å². The number of rotatable bonds is 7. The van der Waals surface area contributed by atoms with Gasteiger partial charge < -0.3 is 25.2 Å². The Hall–Kier alpha value is -2.69. The van der Waals surface area contributed by atoms with Crippen LogP contribution in [0.4, 0.5) is 5.69 Å². The molecule has 0 aromatic heterocycles. The molecule has 0 unspecified atom stereocenters. The third-order valence-corrected chi connectivity index (χ3v) is 3.51. The first-order valence-electron chi connectivity index (χ1n) is 7.91. The molecule has 10 heteroatoms. The molecule has 2 amide bonds. The summed E-state index contributed by atoms with van der Waals surface area (Å²) in [6, 6.07) is 3.96. The molecule has 0 atom stereocenters. The standard InChI is InChI=1S/C16H19BN2O7/c1-9(2)26-16(23)10-3-4-11(17(24)25)12(7-10)18-13-8-14(21)19(5-6-20)15(13)22/h3-4,7-9,18,20,24-25H,5-6H2,1-2H3. The predicted octanol–water partition coefficient (Wildman–Crippen LogP) is -1.41. The summed E-state index contributed by atoms with van der Waals surface area (Å²) in [5.41, 5.74) is 0.0965. The van der Waals surface area contributed by atoms with Crippen LogP contribution in [-0.2, 0) is 14.3 Å². The Bertz CT molecular complexity index is 761. The lowest BCUT2D eigenvalue weighted by Gasteiger charge is -2.16. The van der Waals surface area contributed by atoms with Gasteiger partial charge in [0.1, 0.15) is 5.70 Å². The summed E-state index contributed by atoms with van der Waals surface area (Å²) in [5, 5.41) is 30.5. The third kappa shape index (κ3) is 4.28. The van der Waals surface area contributed by atoms with Gasteiger partial charge >= 0.3 is 13.1 Å². The van der Waals surface area contributed by atoms with Crippen molar-refractivity contribution in [3.63, 3.8) is 0 Å². The molecule has 1 aromatic rings. The molecule has 0 radical (unpaired) electrons. The third-order valence-electron chi connectivity index (χ3n) is 3.51. The number of benzene rings is 1. The van der Waals surface area contributed by atoms with Crippen molar-refractivity contribution < 1.29 is 34.3 Å². The number of amides is 2. The van der Waals surface area contributed by atoms with Crippen molar-refractivity contribution in [3.05, 3.63) is 35.5 Å². The van der Waals surface area contributed by atoms with Gasteiger partial charge in [0.05, 0.1) is 24.8 Å². The van der Waals surface area contributed by atoms with Gasteiger partial charge in [-0.1, -0.05) is 6.07 Å². The minimum atomic E-state index is -1.87. The summed E-state index contributed by atoms with van der Waals surface area (Å²) in [4.78, 5) is 36.9.